The van der Waals surface area contributed by atoms with Gasteiger partial charge < -0.3 is 20.1 Å². The standard InChI is InChI=1S/C28H29N3O4/c1-3-35-28(33)21-11-14-23-24(17-21)31-27(32)25(23)26(20-7-5-4-6-8-20)30-22-12-9-19(10-13-22)18-29-15-16-34-2/h4-14,17,25,29H,3,15-16,18H2,1-2H3,(H,31,32). The van der Waals surface area contributed by atoms with Crippen LogP contribution in [0.2, 0.25) is 0 Å². The fourth-order valence-electron chi connectivity index (χ4n) is 4.01. The highest BCUT2D eigenvalue weighted by molar-refractivity contribution is 6.24. The van der Waals surface area contributed by atoms with E-state index in [1.54, 1.807) is 32.2 Å². The maximum Gasteiger partial charge on any atom is 0.338 e. The zero-order valence-corrected chi connectivity index (χ0v) is 19.9. The molecule has 7 nitrogen and oxygen atoms in total. The van der Waals surface area contributed by atoms with Gasteiger partial charge in [-0.1, -0.05) is 48.5 Å². The van der Waals surface area contributed by atoms with E-state index in [2.05, 4.69) is 10.6 Å². The molecule has 0 saturated heterocycles. The summed E-state index contributed by atoms with van der Waals surface area (Å²) in [6.07, 6.45) is 0. The number of methoxy groups -OCH3 is 1. The molecule has 0 bridgehead atoms. The van der Waals surface area contributed by atoms with Crippen LogP contribution in [-0.4, -0.2) is 44.5 Å². The van der Waals surface area contributed by atoms with Crippen molar-refractivity contribution in [3.05, 3.63) is 95.1 Å². The largest absolute Gasteiger partial charge is 0.462 e. The van der Waals surface area contributed by atoms with Crippen LogP contribution in [0.4, 0.5) is 11.4 Å². The van der Waals surface area contributed by atoms with Crippen molar-refractivity contribution < 1.29 is 19.1 Å². The number of hydrogen-bond acceptors (Lipinski definition) is 6. The van der Waals surface area contributed by atoms with Crippen LogP contribution < -0.4 is 10.6 Å². The van der Waals surface area contributed by atoms with Crippen molar-refractivity contribution in [2.45, 2.75) is 19.4 Å². The van der Waals surface area contributed by atoms with Gasteiger partial charge in [0.25, 0.3) is 0 Å². The van der Waals surface area contributed by atoms with Crippen LogP contribution in [0, 0.1) is 0 Å². The van der Waals surface area contributed by atoms with Gasteiger partial charge in [0.2, 0.25) is 5.91 Å². The SMILES string of the molecule is CCOC(=O)c1ccc2c(c1)NC(=O)C2C(=Nc1ccc(CNCCOC)cc1)c1ccccc1. The predicted molar refractivity (Wildman–Crippen MR) is 136 cm³/mol. The average molecular weight is 472 g/mol. The Labute approximate surface area is 205 Å². The van der Waals surface area contributed by atoms with Crippen molar-refractivity contribution in [2.24, 2.45) is 4.99 Å². The van der Waals surface area contributed by atoms with E-state index in [0.29, 0.717) is 23.6 Å². The van der Waals surface area contributed by atoms with Gasteiger partial charge in [-0.15, -0.1) is 0 Å². The van der Waals surface area contributed by atoms with Crippen LogP contribution in [0.1, 0.15) is 39.9 Å². The van der Waals surface area contributed by atoms with E-state index < -0.39 is 11.9 Å². The first kappa shape index (κ1) is 24.3. The topological polar surface area (TPSA) is 89.0 Å². The molecule has 0 radical (unpaired) electrons. The van der Waals surface area contributed by atoms with Gasteiger partial charge in [-0.2, -0.15) is 0 Å². The maximum absolute atomic E-state index is 13.1. The number of carbonyl (C=O) groups excluding carboxylic acids is 2. The van der Waals surface area contributed by atoms with Crippen molar-refractivity contribution in [1.29, 1.82) is 0 Å². The molecule has 3 aromatic carbocycles. The lowest BCUT2D eigenvalue weighted by molar-refractivity contribution is -0.115. The van der Waals surface area contributed by atoms with Gasteiger partial charge in [-0.3, -0.25) is 9.79 Å². The third kappa shape index (κ3) is 5.82. The normalized spacial score (nSPS) is 15.0. The number of amides is 1. The van der Waals surface area contributed by atoms with Crippen molar-refractivity contribution in [3.8, 4) is 0 Å². The van der Waals surface area contributed by atoms with Crippen LogP contribution in [0.25, 0.3) is 0 Å². The molecule has 0 aliphatic carbocycles. The smallest absolute Gasteiger partial charge is 0.338 e. The number of carbonyl (C=O) groups is 2. The van der Waals surface area contributed by atoms with E-state index in [4.69, 9.17) is 14.5 Å². The number of nitrogens with one attached hydrogen (secondary N) is 2. The third-order valence-electron chi connectivity index (χ3n) is 5.74. The minimum Gasteiger partial charge on any atom is -0.462 e. The number of esters is 1. The van der Waals surface area contributed by atoms with E-state index in [-0.39, 0.29) is 12.5 Å². The van der Waals surface area contributed by atoms with Crippen molar-refractivity contribution in [3.63, 3.8) is 0 Å². The van der Waals surface area contributed by atoms with E-state index >= 15 is 0 Å². The molecule has 180 valence electrons. The highest BCUT2D eigenvalue weighted by atomic mass is 16.5. The molecule has 3 aromatic rings. The van der Waals surface area contributed by atoms with Crippen LogP contribution in [0.5, 0.6) is 0 Å². The number of ether oxygens (including phenoxy) is 2. The molecular formula is C28H29N3O4. The lowest BCUT2D eigenvalue weighted by Crippen LogP contribution is -2.22. The van der Waals surface area contributed by atoms with Crippen LogP contribution in [0.3, 0.4) is 0 Å². The Balaban J connectivity index is 1.65. The molecule has 1 atom stereocenters. The van der Waals surface area contributed by atoms with Gasteiger partial charge >= 0.3 is 5.97 Å². The summed E-state index contributed by atoms with van der Waals surface area (Å²) in [5, 5.41) is 6.24. The Morgan fingerprint density at radius 2 is 1.80 bits per heavy atom. The lowest BCUT2D eigenvalue weighted by atomic mass is 9.90. The maximum atomic E-state index is 13.1. The number of aliphatic imine (C=N–C) groups is 1. The van der Waals surface area contributed by atoms with E-state index in [1.165, 1.54) is 0 Å². The van der Waals surface area contributed by atoms with Crippen LogP contribution in [-0.2, 0) is 20.8 Å². The first-order valence-electron chi connectivity index (χ1n) is 11.6. The van der Waals surface area contributed by atoms with Gasteiger partial charge in [-0.25, -0.2) is 4.79 Å². The van der Waals surface area contributed by atoms with Gasteiger partial charge in [0.05, 0.1) is 30.2 Å². The summed E-state index contributed by atoms with van der Waals surface area (Å²) in [6, 6.07) is 22.8. The fourth-order valence-corrected chi connectivity index (χ4v) is 4.01. The third-order valence-corrected chi connectivity index (χ3v) is 5.74. The summed E-state index contributed by atoms with van der Waals surface area (Å²) in [7, 11) is 1.68. The number of fused-ring (bicyclic) bond motifs is 1. The molecule has 0 aromatic heterocycles. The molecule has 0 fully saturated rings. The Bertz CT molecular complexity index is 1210. The molecule has 1 heterocycles. The second-order valence-electron chi connectivity index (χ2n) is 8.14. The molecule has 0 spiro atoms. The average Bonchev–Trinajstić information content (AvgIpc) is 3.21. The zero-order chi connectivity index (χ0) is 24.6. The highest BCUT2D eigenvalue weighted by Crippen LogP contribution is 2.37. The molecule has 4 rings (SSSR count). The summed E-state index contributed by atoms with van der Waals surface area (Å²) in [4.78, 5) is 30.2. The van der Waals surface area contributed by atoms with E-state index in [9.17, 15) is 9.59 Å². The van der Waals surface area contributed by atoms with E-state index in [0.717, 1.165) is 35.5 Å². The number of hydrogen-bond donors (Lipinski definition) is 2. The lowest BCUT2D eigenvalue weighted by Gasteiger charge is -2.14. The second-order valence-corrected chi connectivity index (χ2v) is 8.14. The number of rotatable bonds is 10. The Morgan fingerprint density at radius 3 is 2.51 bits per heavy atom. The summed E-state index contributed by atoms with van der Waals surface area (Å²) < 4.78 is 10.2. The molecule has 0 saturated carbocycles. The minimum atomic E-state index is -0.598. The van der Waals surface area contributed by atoms with Crippen molar-refractivity contribution >= 4 is 29.0 Å². The Kier molecular flexibility index (Phi) is 8.03. The molecule has 35 heavy (non-hydrogen) atoms. The molecular weight excluding hydrogens is 442 g/mol. The Hall–Kier alpha value is -3.81. The number of nitrogens with zero attached hydrogens (tertiary/aromatic N) is 1. The molecule has 1 aliphatic heterocycles. The molecule has 1 aliphatic rings. The summed E-state index contributed by atoms with van der Waals surface area (Å²) in [6.45, 7) is 4.23. The van der Waals surface area contributed by atoms with Crippen molar-refractivity contribution in [2.75, 3.05) is 32.2 Å². The quantitative estimate of drug-likeness (QED) is 0.259. The first-order chi connectivity index (χ1) is 17.1. The van der Waals surface area contributed by atoms with Crippen LogP contribution >= 0.6 is 0 Å². The number of benzene rings is 3. The zero-order valence-electron chi connectivity index (χ0n) is 19.9. The first-order valence-corrected chi connectivity index (χ1v) is 11.6. The monoisotopic (exact) mass is 471 g/mol. The highest BCUT2D eigenvalue weighted by Gasteiger charge is 2.36. The number of anilines is 1. The van der Waals surface area contributed by atoms with E-state index in [1.807, 2.05) is 54.6 Å². The van der Waals surface area contributed by atoms with Crippen LogP contribution in [0.15, 0.2) is 77.8 Å². The van der Waals surface area contributed by atoms with Gasteiger partial charge in [0, 0.05) is 25.9 Å². The second kappa shape index (κ2) is 11.6. The van der Waals surface area contributed by atoms with Gasteiger partial charge in [-0.05, 0) is 47.9 Å². The molecule has 7 heteroatoms. The fraction of sp³-hybridized carbons (Fsp3) is 0.250. The Morgan fingerprint density at radius 1 is 1.03 bits per heavy atom. The summed E-state index contributed by atoms with van der Waals surface area (Å²) in [5.41, 5.74) is 5.19. The van der Waals surface area contributed by atoms with Gasteiger partial charge in [0.15, 0.2) is 0 Å². The van der Waals surface area contributed by atoms with Crippen molar-refractivity contribution in [1.82, 2.24) is 5.32 Å². The molecule has 1 amide bonds. The molecule has 1 unspecified atom stereocenters. The predicted octanol–water partition coefficient (Wildman–Crippen LogP) is 4.46. The molecule has 2 N–H and O–H groups in total. The summed E-state index contributed by atoms with van der Waals surface area (Å²) in [5.74, 6) is -1.19. The minimum absolute atomic E-state index is 0.178. The summed E-state index contributed by atoms with van der Waals surface area (Å²) >= 11 is 0. The van der Waals surface area contributed by atoms with Gasteiger partial charge in [0.1, 0.15) is 5.92 Å².